The van der Waals surface area contributed by atoms with E-state index in [1.807, 2.05) is 23.5 Å². The molecule has 0 saturated carbocycles. The maximum atomic E-state index is 5.95. The van der Waals surface area contributed by atoms with Crippen LogP contribution in [0.4, 0.5) is 5.82 Å². The molecule has 0 radical (unpaired) electrons. The standard InChI is InChI=1S/C10H13N3OS2/c11-9-6-3-16-4-7(6)12-10(13-9)8-5-15-2-1-14-8/h8H,1-5H2,(H2,11,12,13). The van der Waals surface area contributed by atoms with Crippen molar-refractivity contribution in [3.05, 3.63) is 17.1 Å². The van der Waals surface area contributed by atoms with Gasteiger partial charge in [0.1, 0.15) is 11.9 Å². The minimum absolute atomic E-state index is 0.0250. The maximum Gasteiger partial charge on any atom is 0.160 e. The molecule has 0 bridgehead atoms. The number of aromatic nitrogens is 2. The van der Waals surface area contributed by atoms with Crippen molar-refractivity contribution >= 4 is 29.3 Å². The van der Waals surface area contributed by atoms with Crippen LogP contribution in [-0.4, -0.2) is 28.1 Å². The van der Waals surface area contributed by atoms with Gasteiger partial charge in [0, 0.05) is 28.6 Å². The molecule has 3 rings (SSSR count). The van der Waals surface area contributed by atoms with Crippen molar-refractivity contribution in [2.75, 3.05) is 23.8 Å². The molecule has 2 N–H and O–H groups in total. The highest BCUT2D eigenvalue weighted by Gasteiger charge is 2.24. The summed E-state index contributed by atoms with van der Waals surface area (Å²) in [4.78, 5) is 8.97. The number of thioether (sulfide) groups is 2. The van der Waals surface area contributed by atoms with E-state index in [2.05, 4.69) is 9.97 Å². The van der Waals surface area contributed by atoms with E-state index in [9.17, 15) is 0 Å². The van der Waals surface area contributed by atoms with Gasteiger partial charge in [-0.3, -0.25) is 0 Å². The Kier molecular flexibility index (Phi) is 2.95. The molecule has 1 aromatic heterocycles. The van der Waals surface area contributed by atoms with Crippen LogP contribution in [0, 0.1) is 0 Å². The molecule has 1 atom stereocenters. The summed E-state index contributed by atoms with van der Waals surface area (Å²) >= 11 is 3.73. The molecular weight excluding hydrogens is 242 g/mol. The average Bonchev–Trinajstić information content (AvgIpc) is 2.79. The predicted molar refractivity (Wildman–Crippen MR) is 67.5 cm³/mol. The molecule has 4 nitrogen and oxygen atoms in total. The summed E-state index contributed by atoms with van der Waals surface area (Å²) in [7, 11) is 0. The number of hydrogen-bond acceptors (Lipinski definition) is 6. The number of nitrogen functional groups attached to an aromatic ring is 1. The van der Waals surface area contributed by atoms with Gasteiger partial charge in [-0.25, -0.2) is 9.97 Å². The number of ether oxygens (including phenoxy) is 1. The van der Waals surface area contributed by atoms with E-state index in [1.165, 1.54) is 0 Å². The summed E-state index contributed by atoms with van der Waals surface area (Å²) in [6.07, 6.45) is 0.0250. The molecule has 2 aliphatic heterocycles. The zero-order valence-corrected chi connectivity index (χ0v) is 10.4. The van der Waals surface area contributed by atoms with Crippen LogP contribution in [0.15, 0.2) is 0 Å². The van der Waals surface area contributed by atoms with E-state index < -0.39 is 0 Å². The molecule has 1 saturated heterocycles. The Bertz CT molecular complexity index is 407. The number of nitrogens with two attached hydrogens (primary N) is 1. The largest absolute Gasteiger partial charge is 0.383 e. The first-order valence-corrected chi connectivity index (χ1v) is 7.58. The predicted octanol–water partition coefficient (Wildman–Crippen LogP) is 1.61. The fourth-order valence-corrected chi connectivity index (χ4v) is 3.77. The average molecular weight is 255 g/mol. The van der Waals surface area contributed by atoms with Gasteiger partial charge in [0.15, 0.2) is 5.82 Å². The van der Waals surface area contributed by atoms with Gasteiger partial charge in [-0.15, -0.1) is 0 Å². The lowest BCUT2D eigenvalue weighted by Gasteiger charge is -2.21. The van der Waals surface area contributed by atoms with E-state index in [1.54, 1.807) is 0 Å². The highest BCUT2D eigenvalue weighted by atomic mass is 32.2. The van der Waals surface area contributed by atoms with Crippen LogP contribution in [-0.2, 0) is 16.2 Å². The molecule has 0 amide bonds. The second kappa shape index (κ2) is 4.43. The Morgan fingerprint density at radius 3 is 3.00 bits per heavy atom. The van der Waals surface area contributed by atoms with E-state index in [0.29, 0.717) is 5.82 Å². The molecule has 2 aliphatic rings. The second-order valence-corrected chi connectivity index (χ2v) is 5.95. The lowest BCUT2D eigenvalue weighted by Crippen LogP contribution is -2.19. The second-order valence-electron chi connectivity index (χ2n) is 3.82. The summed E-state index contributed by atoms with van der Waals surface area (Å²) in [6, 6.07) is 0. The quantitative estimate of drug-likeness (QED) is 0.822. The van der Waals surface area contributed by atoms with Crippen molar-refractivity contribution in [3.63, 3.8) is 0 Å². The topological polar surface area (TPSA) is 61.0 Å². The van der Waals surface area contributed by atoms with Crippen LogP contribution in [0.3, 0.4) is 0 Å². The van der Waals surface area contributed by atoms with Gasteiger partial charge >= 0.3 is 0 Å². The van der Waals surface area contributed by atoms with Crippen molar-refractivity contribution in [2.45, 2.75) is 17.6 Å². The lowest BCUT2D eigenvalue weighted by molar-refractivity contribution is 0.0694. The molecule has 1 aromatic rings. The Morgan fingerprint density at radius 1 is 1.25 bits per heavy atom. The normalized spacial score (nSPS) is 24.4. The van der Waals surface area contributed by atoms with Crippen LogP contribution in [0.5, 0.6) is 0 Å². The minimum atomic E-state index is 0.0250. The number of hydrogen-bond donors (Lipinski definition) is 1. The summed E-state index contributed by atoms with van der Waals surface area (Å²) in [5.74, 6) is 5.31. The Balaban J connectivity index is 1.92. The molecule has 0 spiro atoms. The molecular formula is C10H13N3OS2. The summed E-state index contributed by atoms with van der Waals surface area (Å²) in [5, 5.41) is 0. The fraction of sp³-hybridized carbons (Fsp3) is 0.600. The fourth-order valence-electron chi connectivity index (χ4n) is 1.88. The van der Waals surface area contributed by atoms with Crippen molar-refractivity contribution < 1.29 is 4.74 Å². The van der Waals surface area contributed by atoms with Crippen LogP contribution < -0.4 is 5.73 Å². The Morgan fingerprint density at radius 2 is 2.19 bits per heavy atom. The van der Waals surface area contributed by atoms with E-state index >= 15 is 0 Å². The smallest absolute Gasteiger partial charge is 0.160 e. The van der Waals surface area contributed by atoms with Crippen molar-refractivity contribution in [1.29, 1.82) is 0 Å². The zero-order valence-electron chi connectivity index (χ0n) is 8.81. The monoisotopic (exact) mass is 255 g/mol. The SMILES string of the molecule is Nc1nc(C2CSCCO2)nc2c1CSC2. The van der Waals surface area contributed by atoms with Gasteiger partial charge < -0.3 is 10.5 Å². The molecule has 0 aromatic carbocycles. The first-order valence-electron chi connectivity index (χ1n) is 5.27. The summed E-state index contributed by atoms with van der Waals surface area (Å²) in [5.41, 5.74) is 8.18. The van der Waals surface area contributed by atoms with Gasteiger partial charge in [-0.1, -0.05) is 0 Å². The van der Waals surface area contributed by atoms with Crippen molar-refractivity contribution in [3.8, 4) is 0 Å². The van der Waals surface area contributed by atoms with E-state index in [-0.39, 0.29) is 6.10 Å². The van der Waals surface area contributed by atoms with Crippen LogP contribution in [0.25, 0.3) is 0 Å². The third-order valence-corrected chi connectivity index (χ3v) is 4.70. The first-order chi connectivity index (χ1) is 7.84. The van der Waals surface area contributed by atoms with E-state index in [4.69, 9.17) is 10.5 Å². The van der Waals surface area contributed by atoms with Gasteiger partial charge in [-0.2, -0.15) is 23.5 Å². The molecule has 16 heavy (non-hydrogen) atoms. The van der Waals surface area contributed by atoms with Gasteiger partial charge in [0.2, 0.25) is 0 Å². The number of fused-ring (bicyclic) bond motifs is 1. The van der Waals surface area contributed by atoms with Gasteiger partial charge in [-0.05, 0) is 0 Å². The molecule has 3 heterocycles. The number of anilines is 1. The van der Waals surface area contributed by atoms with Crippen LogP contribution >= 0.6 is 23.5 Å². The first kappa shape index (κ1) is 10.7. The molecule has 1 fully saturated rings. The van der Waals surface area contributed by atoms with Crippen molar-refractivity contribution in [2.24, 2.45) is 0 Å². The molecule has 1 unspecified atom stereocenters. The number of nitrogens with zero attached hydrogens (tertiary/aromatic N) is 2. The Hall–Kier alpha value is -0.460. The minimum Gasteiger partial charge on any atom is -0.383 e. The van der Waals surface area contributed by atoms with E-state index in [0.717, 1.165) is 46.7 Å². The molecule has 0 aliphatic carbocycles. The van der Waals surface area contributed by atoms with Crippen LogP contribution in [0.1, 0.15) is 23.2 Å². The molecule has 6 heteroatoms. The van der Waals surface area contributed by atoms with Gasteiger partial charge in [0.25, 0.3) is 0 Å². The lowest BCUT2D eigenvalue weighted by atomic mass is 10.2. The summed E-state index contributed by atoms with van der Waals surface area (Å²) in [6.45, 7) is 0.782. The molecule has 86 valence electrons. The van der Waals surface area contributed by atoms with Gasteiger partial charge in [0.05, 0.1) is 12.3 Å². The van der Waals surface area contributed by atoms with Crippen molar-refractivity contribution in [1.82, 2.24) is 9.97 Å². The third-order valence-electron chi connectivity index (χ3n) is 2.73. The van der Waals surface area contributed by atoms with Crippen LogP contribution in [0.2, 0.25) is 0 Å². The zero-order chi connectivity index (χ0) is 11.0. The maximum absolute atomic E-state index is 5.95. The third kappa shape index (κ3) is 1.89. The number of rotatable bonds is 1. The highest BCUT2D eigenvalue weighted by molar-refractivity contribution is 7.99. The highest BCUT2D eigenvalue weighted by Crippen LogP contribution is 2.33. The Labute approximate surface area is 103 Å². The summed E-state index contributed by atoms with van der Waals surface area (Å²) < 4.78 is 5.67.